The average molecular weight is 266 g/mol. The van der Waals surface area contributed by atoms with Crippen LogP contribution in [0.25, 0.3) is 0 Å². The molecule has 2 rings (SSSR count). The van der Waals surface area contributed by atoms with E-state index >= 15 is 0 Å². The SMILES string of the molecule is CCN1CCN(c2nc(N)nc(OC(C)C)n2)CC1. The Hall–Kier alpha value is -1.63. The number of likely N-dealkylation sites (N-methyl/N-ethyl adjacent to an activating group) is 1. The Kier molecular flexibility index (Phi) is 4.36. The molecule has 0 aliphatic carbocycles. The first-order chi connectivity index (χ1) is 9.08. The van der Waals surface area contributed by atoms with Crippen molar-refractivity contribution in [3.8, 4) is 6.01 Å². The van der Waals surface area contributed by atoms with Crippen LogP contribution in [0.3, 0.4) is 0 Å². The summed E-state index contributed by atoms with van der Waals surface area (Å²) >= 11 is 0. The minimum atomic E-state index is 0.0200. The minimum Gasteiger partial charge on any atom is -0.461 e. The van der Waals surface area contributed by atoms with Gasteiger partial charge >= 0.3 is 6.01 Å². The zero-order chi connectivity index (χ0) is 13.8. The molecule has 1 aromatic rings. The summed E-state index contributed by atoms with van der Waals surface area (Å²) in [6.07, 6.45) is 0.0200. The highest BCUT2D eigenvalue weighted by Gasteiger charge is 2.19. The molecular formula is C12H22N6O. The Morgan fingerprint density at radius 1 is 1.16 bits per heavy atom. The van der Waals surface area contributed by atoms with Crippen molar-refractivity contribution in [2.24, 2.45) is 0 Å². The molecule has 1 aliphatic rings. The largest absolute Gasteiger partial charge is 0.461 e. The van der Waals surface area contributed by atoms with Crippen LogP contribution in [0.5, 0.6) is 6.01 Å². The second-order valence-electron chi connectivity index (χ2n) is 4.86. The molecule has 1 fully saturated rings. The molecule has 1 aliphatic heterocycles. The molecule has 1 aromatic heterocycles. The predicted octanol–water partition coefficient (Wildman–Crippen LogP) is 0.383. The average Bonchev–Trinajstić information content (AvgIpc) is 2.37. The van der Waals surface area contributed by atoms with Gasteiger partial charge in [-0.25, -0.2) is 0 Å². The van der Waals surface area contributed by atoms with Crippen LogP contribution in [0.15, 0.2) is 0 Å². The number of hydrogen-bond donors (Lipinski definition) is 1. The molecule has 0 bridgehead atoms. The number of aromatic nitrogens is 3. The molecule has 0 unspecified atom stereocenters. The van der Waals surface area contributed by atoms with Crippen molar-refractivity contribution in [2.75, 3.05) is 43.4 Å². The molecule has 7 nitrogen and oxygen atoms in total. The minimum absolute atomic E-state index is 0.0200. The molecule has 106 valence electrons. The first-order valence-corrected chi connectivity index (χ1v) is 6.74. The molecule has 2 heterocycles. The first-order valence-electron chi connectivity index (χ1n) is 6.74. The van der Waals surface area contributed by atoms with Crippen LogP contribution in [-0.4, -0.2) is 58.7 Å². The molecule has 0 atom stereocenters. The van der Waals surface area contributed by atoms with Crippen molar-refractivity contribution in [1.29, 1.82) is 0 Å². The molecular weight excluding hydrogens is 244 g/mol. The van der Waals surface area contributed by atoms with E-state index in [1.807, 2.05) is 13.8 Å². The third-order valence-electron chi connectivity index (χ3n) is 3.06. The Bertz CT molecular complexity index is 417. The topological polar surface area (TPSA) is 80.4 Å². The molecule has 0 saturated carbocycles. The third kappa shape index (κ3) is 3.66. The first kappa shape index (κ1) is 13.8. The van der Waals surface area contributed by atoms with Crippen molar-refractivity contribution in [3.63, 3.8) is 0 Å². The number of nitrogen functional groups attached to an aromatic ring is 1. The lowest BCUT2D eigenvalue weighted by Crippen LogP contribution is -2.46. The van der Waals surface area contributed by atoms with Crippen molar-refractivity contribution in [2.45, 2.75) is 26.9 Å². The van der Waals surface area contributed by atoms with E-state index in [1.54, 1.807) is 0 Å². The van der Waals surface area contributed by atoms with Crippen LogP contribution >= 0.6 is 0 Å². The standard InChI is InChI=1S/C12H22N6O/c1-4-17-5-7-18(8-6-17)11-14-10(13)15-12(16-11)19-9(2)3/h9H,4-8H2,1-3H3,(H2,13,14,15,16). The van der Waals surface area contributed by atoms with E-state index in [4.69, 9.17) is 10.5 Å². The molecule has 2 N–H and O–H groups in total. The molecule has 0 aromatic carbocycles. The van der Waals surface area contributed by atoms with Gasteiger partial charge in [-0.1, -0.05) is 6.92 Å². The van der Waals surface area contributed by atoms with Gasteiger partial charge in [-0.2, -0.15) is 15.0 Å². The van der Waals surface area contributed by atoms with Crippen molar-refractivity contribution >= 4 is 11.9 Å². The van der Waals surface area contributed by atoms with E-state index in [0.29, 0.717) is 12.0 Å². The van der Waals surface area contributed by atoms with Crippen LogP contribution in [0.2, 0.25) is 0 Å². The zero-order valence-corrected chi connectivity index (χ0v) is 11.8. The van der Waals surface area contributed by atoms with Gasteiger partial charge in [0.25, 0.3) is 0 Å². The van der Waals surface area contributed by atoms with Gasteiger partial charge in [0, 0.05) is 26.2 Å². The summed E-state index contributed by atoms with van der Waals surface area (Å²) < 4.78 is 5.49. The van der Waals surface area contributed by atoms with Gasteiger partial charge in [0.2, 0.25) is 11.9 Å². The summed E-state index contributed by atoms with van der Waals surface area (Å²) in [5.74, 6) is 0.817. The van der Waals surface area contributed by atoms with Gasteiger partial charge in [0.05, 0.1) is 6.10 Å². The molecule has 0 amide bonds. The van der Waals surface area contributed by atoms with Gasteiger partial charge < -0.3 is 20.3 Å². The second kappa shape index (κ2) is 6.01. The van der Waals surface area contributed by atoms with Crippen molar-refractivity contribution < 1.29 is 4.74 Å². The quantitative estimate of drug-likeness (QED) is 0.844. The molecule has 1 saturated heterocycles. The fraction of sp³-hybridized carbons (Fsp3) is 0.750. The Balaban J connectivity index is 2.09. The number of nitrogens with zero attached hydrogens (tertiary/aromatic N) is 5. The Morgan fingerprint density at radius 2 is 1.84 bits per heavy atom. The smallest absolute Gasteiger partial charge is 0.323 e. The van der Waals surface area contributed by atoms with Gasteiger partial charge in [-0.3, -0.25) is 0 Å². The molecule has 0 spiro atoms. The maximum atomic E-state index is 5.72. The maximum absolute atomic E-state index is 5.72. The van der Waals surface area contributed by atoms with E-state index in [0.717, 1.165) is 32.7 Å². The second-order valence-corrected chi connectivity index (χ2v) is 4.86. The summed E-state index contributed by atoms with van der Waals surface area (Å²) in [5, 5.41) is 0. The van der Waals surface area contributed by atoms with Gasteiger partial charge in [0.1, 0.15) is 0 Å². The summed E-state index contributed by atoms with van der Waals surface area (Å²) in [5.41, 5.74) is 5.72. The Labute approximate surface area is 113 Å². The van der Waals surface area contributed by atoms with Crippen molar-refractivity contribution in [1.82, 2.24) is 19.9 Å². The highest BCUT2D eigenvalue weighted by Crippen LogP contribution is 2.16. The van der Waals surface area contributed by atoms with E-state index in [-0.39, 0.29) is 12.1 Å². The van der Waals surface area contributed by atoms with Crippen LogP contribution in [0.1, 0.15) is 20.8 Å². The number of rotatable bonds is 4. The number of anilines is 2. The van der Waals surface area contributed by atoms with E-state index < -0.39 is 0 Å². The fourth-order valence-electron chi connectivity index (χ4n) is 2.03. The predicted molar refractivity (Wildman–Crippen MR) is 74.3 cm³/mol. The molecule has 0 radical (unpaired) electrons. The van der Waals surface area contributed by atoms with Crippen LogP contribution in [0.4, 0.5) is 11.9 Å². The number of hydrogen-bond acceptors (Lipinski definition) is 7. The van der Waals surface area contributed by atoms with Crippen LogP contribution in [0, 0.1) is 0 Å². The summed E-state index contributed by atoms with van der Waals surface area (Å²) in [4.78, 5) is 17.0. The maximum Gasteiger partial charge on any atom is 0.323 e. The summed E-state index contributed by atoms with van der Waals surface area (Å²) in [6, 6.07) is 0.301. The molecule has 19 heavy (non-hydrogen) atoms. The van der Waals surface area contributed by atoms with Crippen LogP contribution < -0.4 is 15.4 Å². The summed E-state index contributed by atoms with van der Waals surface area (Å²) in [7, 11) is 0. The number of ether oxygens (including phenoxy) is 1. The van der Waals surface area contributed by atoms with Crippen molar-refractivity contribution in [3.05, 3.63) is 0 Å². The number of nitrogens with two attached hydrogens (primary N) is 1. The highest BCUT2D eigenvalue weighted by molar-refractivity contribution is 5.36. The normalized spacial score (nSPS) is 16.9. The van der Waals surface area contributed by atoms with E-state index in [1.165, 1.54) is 0 Å². The fourth-order valence-corrected chi connectivity index (χ4v) is 2.03. The lowest BCUT2D eigenvalue weighted by molar-refractivity contribution is 0.221. The summed E-state index contributed by atoms with van der Waals surface area (Å²) in [6.45, 7) is 10.9. The molecule has 7 heteroatoms. The lowest BCUT2D eigenvalue weighted by Gasteiger charge is -2.33. The van der Waals surface area contributed by atoms with Gasteiger partial charge in [-0.15, -0.1) is 0 Å². The van der Waals surface area contributed by atoms with E-state index in [9.17, 15) is 0 Å². The monoisotopic (exact) mass is 266 g/mol. The highest BCUT2D eigenvalue weighted by atomic mass is 16.5. The third-order valence-corrected chi connectivity index (χ3v) is 3.06. The van der Waals surface area contributed by atoms with Gasteiger partial charge in [-0.05, 0) is 20.4 Å². The van der Waals surface area contributed by atoms with Crippen LogP contribution in [-0.2, 0) is 0 Å². The lowest BCUT2D eigenvalue weighted by atomic mass is 10.3. The van der Waals surface area contributed by atoms with E-state index in [2.05, 4.69) is 31.7 Å². The van der Waals surface area contributed by atoms with Gasteiger partial charge in [0.15, 0.2) is 0 Å². The number of piperazine rings is 1. The zero-order valence-electron chi connectivity index (χ0n) is 11.8. The Morgan fingerprint density at radius 3 is 2.42 bits per heavy atom.